The minimum Gasteiger partial charge on any atom is -0.285 e. The minimum atomic E-state index is 0.749. The quantitative estimate of drug-likeness (QED) is 0.651. The van der Waals surface area contributed by atoms with Crippen molar-refractivity contribution in [2.45, 2.75) is 4.90 Å². The van der Waals surface area contributed by atoms with Crippen LogP contribution in [0.5, 0.6) is 0 Å². The summed E-state index contributed by atoms with van der Waals surface area (Å²) >= 11 is 1.69. The molecule has 1 nitrogen and oxygen atoms in total. The summed E-state index contributed by atoms with van der Waals surface area (Å²) in [7, 11) is 0. The van der Waals surface area contributed by atoms with Crippen LogP contribution in [0.15, 0.2) is 34.7 Å². The fourth-order valence-electron chi connectivity index (χ4n) is 1.18. The van der Waals surface area contributed by atoms with E-state index < -0.39 is 0 Å². The van der Waals surface area contributed by atoms with E-state index >= 15 is 0 Å². The third-order valence-electron chi connectivity index (χ3n) is 1.76. The molecule has 12 heavy (non-hydrogen) atoms. The molecule has 0 fully saturated rings. The lowest BCUT2D eigenvalue weighted by atomic mass is 10.1. The van der Waals surface area contributed by atoms with Crippen molar-refractivity contribution in [3.63, 3.8) is 0 Å². The molecular formula is C10H7OS. The van der Waals surface area contributed by atoms with Gasteiger partial charge in [0.05, 0.1) is 0 Å². The van der Waals surface area contributed by atoms with Gasteiger partial charge in [0.25, 0.3) is 0 Å². The fourth-order valence-corrected chi connectivity index (χ4v) is 2.10. The van der Waals surface area contributed by atoms with Crippen LogP contribution in [0.1, 0.15) is 5.56 Å². The monoisotopic (exact) mass is 175 g/mol. The summed E-state index contributed by atoms with van der Waals surface area (Å²) in [6.45, 7) is 0. The maximum Gasteiger partial charge on any atom is 0.230 e. The Balaban J connectivity index is 2.47. The van der Waals surface area contributed by atoms with Crippen LogP contribution >= 0.6 is 11.8 Å². The Morgan fingerprint density at radius 2 is 2.17 bits per heavy atom. The van der Waals surface area contributed by atoms with Crippen molar-refractivity contribution in [2.75, 3.05) is 5.75 Å². The van der Waals surface area contributed by atoms with Crippen LogP contribution in [0.4, 0.5) is 0 Å². The number of fused-ring (bicyclic) bond motifs is 1. The van der Waals surface area contributed by atoms with E-state index in [9.17, 15) is 4.79 Å². The standard InChI is InChI=1S/C10H7OS/c11-6-8-5-9-3-1-2-4-10(9)12-7-8/h1-5H,7H2. The van der Waals surface area contributed by atoms with Gasteiger partial charge < -0.3 is 0 Å². The molecule has 1 aliphatic heterocycles. The Morgan fingerprint density at radius 3 is 3.00 bits per heavy atom. The van der Waals surface area contributed by atoms with Gasteiger partial charge in [-0.25, -0.2) is 0 Å². The highest BCUT2D eigenvalue weighted by atomic mass is 32.2. The van der Waals surface area contributed by atoms with Crippen molar-refractivity contribution in [2.24, 2.45) is 0 Å². The molecule has 1 aliphatic rings. The van der Waals surface area contributed by atoms with E-state index in [-0.39, 0.29) is 0 Å². The number of hydrogen-bond acceptors (Lipinski definition) is 2. The first kappa shape index (κ1) is 7.62. The second-order valence-corrected chi connectivity index (χ2v) is 3.62. The van der Waals surface area contributed by atoms with Crippen molar-refractivity contribution < 1.29 is 4.79 Å². The third-order valence-corrected chi connectivity index (χ3v) is 2.90. The summed E-state index contributed by atoms with van der Waals surface area (Å²) in [5.74, 6) is 0.751. The summed E-state index contributed by atoms with van der Waals surface area (Å²) < 4.78 is 0. The lowest BCUT2D eigenvalue weighted by Crippen LogP contribution is -1.95. The van der Waals surface area contributed by atoms with Crippen LogP contribution in [0.2, 0.25) is 0 Å². The fraction of sp³-hybridized carbons (Fsp3) is 0.100. The molecule has 59 valence electrons. The number of benzene rings is 1. The van der Waals surface area contributed by atoms with Crippen molar-refractivity contribution >= 4 is 24.1 Å². The molecule has 0 saturated carbocycles. The van der Waals surface area contributed by atoms with Gasteiger partial charge in [0.15, 0.2) is 0 Å². The summed E-state index contributed by atoms with van der Waals surface area (Å²) in [5.41, 5.74) is 1.88. The molecule has 0 spiro atoms. The Bertz CT molecular complexity index is 341. The molecule has 1 heterocycles. The molecule has 0 aromatic heterocycles. The lowest BCUT2D eigenvalue weighted by Gasteiger charge is -2.10. The minimum absolute atomic E-state index is 0.749. The van der Waals surface area contributed by atoms with Gasteiger partial charge in [-0.15, -0.1) is 11.8 Å². The number of carbonyl (C=O) groups excluding carboxylic acids is 1. The maximum atomic E-state index is 10.4. The maximum absolute atomic E-state index is 10.4. The van der Waals surface area contributed by atoms with E-state index in [4.69, 9.17) is 0 Å². The van der Waals surface area contributed by atoms with Gasteiger partial charge >= 0.3 is 0 Å². The van der Waals surface area contributed by atoms with Gasteiger partial charge in [-0.05, 0) is 17.7 Å². The van der Waals surface area contributed by atoms with Crippen LogP contribution in [0.25, 0.3) is 6.08 Å². The van der Waals surface area contributed by atoms with E-state index in [2.05, 4.69) is 6.07 Å². The second kappa shape index (κ2) is 3.15. The topological polar surface area (TPSA) is 17.1 Å². The smallest absolute Gasteiger partial charge is 0.230 e. The predicted molar refractivity (Wildman–Crippen MR) is 50.8 cm³/mol. The van der Waals surface area contributed by atoms with Crippen LogP contribution in [-0.2, 0) is 4.79 Å². The normalized spacial score (nSPS) is 14.8. The molecule has 0 atom stereocenters. The highest BCUT2D eigenvalue weighted by Crippen LogP contribution is 2.30. The van der Waals surface area contributed by atoms with Crippen molar-refractivity contribution in [1.82, 2.24) is 0 Å². The van der Waals surface area contributed by atoms with Crippen LogP contribution in [0, 0.1) is 0 Å². The first-order valence-electron chi connectivity index (χ1n) is 3.71. The predicted octanol–water partition coefficient (Wildman–Crippen LogP) is 2.29. The summed E-state index contributed by atoms with van der Waals surface area (Å²) in [6, 6.07) is 8.07. The summed E-state index contributed by atoms with van der Waals surface area (Å²) in [6.07, 6.45) is 3.84. The van der Waals surface area contributed by atoms with E-state index in [1.165, 1.54) is 4.90 Å². The molecule has 0 bridgehead atoms. The third kappa shape index (κ3) is 1.30. The molecule has 0 unspecified atom stereocenters. The SMILES string of the molecule is O=[C]C1=Cc2ccccc2SC1. The van der Waals surface area contributed by atoms with Crippen LogP contribution in [0.3, 0.4) is 0 Å². The first-order valence-corrected chi connectivity index (χ1v) is 4.69. The van der Waals surface area contributed by atoms with Crippen molar-refractivity contribution in [3.05, 3.63) is 35.4 Å². The highest BCUT2D eigenvalue weighted by molar-refractivity contribution is 7.99. The first-order chi connectivity index (χ1) is 5.90. The van der Waals surface area contributed by atoms with Crippen LogP contribution in [-0.4, -0.2) is 12.0 Å². The average Bonchev–Trinajstić information content (AvgIpc) is 2.17. The van der Waals surface area contributed by atoms with E-state index in [1.807, 2.05) is 30.6 Å². The zero-order valence-corrected chi connectivity index (χ0v) is 7.23. The van der Waals surface area contributed by atoms with Gasteiger partial charge in [0.2, 0.25) is 6.29 Å². The molecule has 0 N–H and O–H groups in total. The molecule has 0 saturated heterocycles. The Labute approximate surface area is 75.5 Å². The largest absolute Gasteiger partial charge is 0.285 e. The zero-order chi connectivity index (χ0) is 8.39. The lowest BCUT2D eigenvalue weighted by molar-refractivity contribution is 0.562. The number of thioether (sulfide) groups is 1. The summed E-state index contributed by atoms with van der Waals surface area (Å²) in [5, 5.41) is 0. The molecule has 1 radical (unpaired) electrons. The Morgan fingerprint density at radius 1 is 1.33 bits per heavy atom. The second-order valence-electron chi connectivity index (χ2n) is 2.60. The molecule has 2 heteroatoms. The van der Waals surface area contributed by atoms with Crippen LogP contribution < -0.4 is 0 Å². The molecule has 1 aromatic rings. The van der Waals surface area contributed by atoms with Crippen molar-refractivity contribution in [1.29, 1.82) is 0 Å². The Kier molecular flexibility index (Phi) is 2.00. The average molecular weight is 175 g/mol. The van der Waals surface area contributed by atoms with Gasteiger partial charge in [0.1, 0.15) is 0 Å². The Hall–Kier alpha value is -1.02. The molecular weight excluding hydrogens is 168 g/mol. The number of hydrogen-bond donors (Lipinski definition) is 0. The van der Waals surface area contributed by atoms with Gasteiger partial charge in [0, 0.05) is 16.2 Å². The van der Waals surface area contributed by atoms with E-state index in [1.54, 1.807) is 11.8 Å². The van der Waals surface area contributed by atoms with E-state index in [0.717, 1.165) is 16.9 Å². The van der Waals surface area contributed by atoms with Crippen molar-refractivity contribution in [3.8, 4) is 0 Å². The molecule has 0 aliphatic carbocycles. The number of rotatable bonds is 1. The summed E-state index contributed by atoms with van der Waals surface area (Å²) in [4.78, 5) is 11.6. The van der Waals surface area contributed by atoms with Gasteiger partial charge in [-0.2, -0.15) is 0 Å². The highest BCUT2D eigenvalue weighted by Gasteiger charge is 2.09. The zero-order valence-electron chi connectivity index (χ0n) is 6.41. The van der Waals surface area contributed by atoms with Gasteiger partial charge in [-0.1, -0.05) is 18.2 Å². The van der Waals surface area contributed by atoms with Gasteiger partial charge in [-0.3, -0.25) is 4.79 Å². The molecule has 1 aromatic carbocycles. The molecule has 2 rings (SSSR count). The molecule has 0 amide bonds. The van der Waals surface area contributed by atoms with E-state index in [0.29, 0.717) is 0 Å².